The molecule has 0 aliphatic rings. The Kier molecular flexibility index (Phi) is 5.71. The van der Waals surface area contributed by atoms with Gasteiger partial charge in [0.25, 0.3) is 5.56 Å². The van der Waals surface area contributed by atoms with Crippen molar-refractivity contribution in [3.05, 3.63) is 76.8 Å². The summed E-state index contributed by atoms with van der Waals surface area (Å²) in [5.41, 5.74) is 1.60. The first-order chi connectivity index (χ1) is 15.6. The van der Waals surface area contributed by atoms with Gasteiger partial charge in [0.05, 0.1) is 22.3 Å². The van der Waals surface area contributed by atoms with Crippen LogP contribution in [0.3, 0.4) is 0 Å². The summed E-state index contributed by atoms with van der Waals surface area (Å²) in [4.78, 5) is 15.5. The normalized spacial score (nSPS) is 11.7. The van der Waals surface area contributed by atoms with Crippen LogP contribution < -0.4 is 14.6 Å². The van der Waals surface area contributed by atoms with E-state index >= 15 is 0 Å². The van der Waals surface area contributed by atoms with Gasteiger partial charge in [-0.15, -0.1) is 0 Å². The number of pyridine rings is 1. The second-order valence-corrected chi connectivity index (χ2v) is 9.74. The van der Waals surface area contributed by atoms with E-state index in [1.165, 1.54) is 36.7 Å². The predicted octanol–water partition coefficient (Wildman–Crippen LogP) is 4.39. The first-order valence-corrected chi connectivity index (χ1v) is 11.6. The van der Waals surface area contributed by atoms with Crippen LogP contribution in [0.25, 0.3) is 22.0 Å². The van der Waals surface area contributed by atoms with E-state index in [2.05, 4.69) is 4.98 Å². The molecule has 0 spiro atoms. The van der Waals surface area contributed by atoms with Crippen LogP contribution in [0.5, 0.6) is 11.5 Å². The molecule has 0 bridgehead atoms. The summed E-state index contributed by atoms with van der Waals surface area (Å²) in [7, 11) is -0.525. The second kappa shape index (κ2) is 8.36. The minimum absolute atomic E-state index is 0.0986. The maximum absolute atomic E-state index is 14.3. The van der Waals surface area contributed by atoms with Gasteiger partial charge in [0.1, 0.15) is 11.6 Å². The molecule has 10 heteroatoms. The standard InChI is InChI=1S/C23H21F2N3O4S/c1-4-33(30,31)28(3)15-6-8-20(32-21-7-5-14(24)11-19(21)25)17(12-15)18-13-27(2)23(29)16-9-10-26-22(16)18/h5-13,26H,4H2,1-3H3. The number of hydrogen-bond donors (Lipinski definition) is 1. The highest BCUT2D eigenvalue weighted by Crippen LogP contribution is 2.39. The minimum atomic E-state index is -3.55. The Labute approximate surface area is 188 Å². The van der Waals surface area contributed by atoms with Crippen molar-refractivity contribution in [2.75, 3.05) is 17.1 Å². The molecule has 0 aliphatic heterocycles. The predicted molar refractivity (Wildman–Crippen MR) is 123 cm³/mol. The first kappa shape index (κ1) is 22.5. The molecule has 1 N–H and O–H groups in total. The Hall–Kier alpha value is -3.66. The average molecular weight is 474 g/mol. The van der Waals surface area contributed by atoms with E-state index in [9.17, 15) is 22.0 Å². The van der Waals surface area contributed by atoms with Gasteiger partial charge < -0.3 is 14.3 Å². The summed E-state index contributed by atoms with van der Waals surface area (Å²) in [6.07, 6.45) is 3.20. The van der Waals surface area contributed by atoms with Crippen LogP contribution in [0.1, 0.15) is 6.92 Å². The lowest BCUT2D eigenvalue weighted by Gasteiger charge is -2.21. The lowest BCUT2D eigenvalue weighted by Crippen LogP contribution is -2.27. The van der Waals surface area contributed by atoms with E-state index in [1.807, 2.05) is 0 Å². The fourth-order valence-corrected chi connectivity index (χ4v) is 4.35. The number of aromatic nitrogens is 2. The molecule has 2 heterocycles. The number of nitrogens with one attached hydrogen (secondary N) is 1. The fourth-order valence-electron chi connectivity index (χ4n) is 3.53. The highest BCUT2D eigenvalue weighted by Gasteiger charge is 2.21. The second-order valence-electron chi connectivity index (χ2n) is 7.45. The van der Waals surface area contributed by atoms with Gasteiger partial charge in [0.15, 0.2) is 11.6 Å². The smallest absolute Gasteiger partial charge is 0.259 e. The molecule has 0 saturated carbocycles. The number of H-pyrrole nitrogens is 1. The van der Waals surface area contributed by atoms with E-state index in [4.69, 9.17) is 4.74 Å². The number of sulfonamides is 1. The van der Waals surface area contributed by atoms with Gasteiger partial charge in [-0.2, -0.15) is 0 Å². The van der Waals surface area contributed by atoms with E-state index in [0.29, 0.717) is 33.8 Å². The number of hydrogen-bond acceptors (Lipinski definition) is 4. The number of aryl methyl sites for hydroxylation is 1. The number of fused-ring (bicyclic) bond motifs is 1. The molecule has 0 aliphatic carbocycles. The molecule has 0 unspecified atom stereocenters. The summed E-state index contributed by atoms with van der Waals surface area (Å²) < 4.78 is 60.8. The molecule has 0 fully saturated rings. The third-order valence-corrected chi connectivity index (χ3v) is 7.18. The molecule has 0 amide bonds. The van der Waals surface area contributed by atoms with Crippen molar-refractivity contribution in [3.8, 4) is 22.6 Å². The number of nitrogens with zero attached hydrogens (tertiary/aromatic N) is 2. The molecule has 33 heavy (non-hydrogen) atoms. The van der Waals surface area contributed by atoms with Crippen LogP contribution in [0.4, 0.5) is 14.5 Å². The van der Waals surface area contributed by atoms with Crippen molar-refractivity contribution >= 4 is 26.6 Å². The summed E-state index contributed by atoms with van der Waals surface area (Å²) in [5.74, 6) is -1.73. The van der Waals surface area contributed by atoms with Crippen molar-refractivity contribution in [3.63, 3.8) is 0 Å². The van der Waals surface area contributed by atoms with Crippen molar-refractivity contribution in [1.82, 2.24) is 9.55 Å². The molecular weight excluding hydrogens is 452 g/mol. The molecule has 4 aromatic rings. The molecule has 0 radical (unpaired) electrons. The maximum atomic E-state index is 14.3. The highest BCUT2D eigenvalue weighted by atomic mass is 32.2. The molecule has 172 valence electrons. The number of benzene rings is 2. The Morgan fingerprint density at radius 2 is 1.79 bits per heavy atom. The molecule has 0 atom stereocenters. The zero-order chi connectivity index (χ0) is 23.9. The van der Waals surface area contributed by atoms with Gasteiger partial charge in [-0.1, -0.05) is 0 Å². The SMILES string of the molecule is CCS(=O)(=O)N(C)c1ccc(Oc2ccc(F)cc2F)c(-c2cn(C)c(=O)c3cc[nH]c23)c1. The molecular formula is C23H21F2N3O4S. The van der Waals surface area contributed by atoms with Gasteiger partial charge in [0, 0.05) is 43.7 Å². The lowest BCUT2D eigenvalue weighted by molar-refractivity contribution is 0.439. The minimum Gasteiger partial charge on any atom is -0.454 e. The Morgan fingerprint density at radius 1 is 1.06 bits per heavy atom. The Morgan fingerprint density at radius 3 is 2.48 bits per heavy atom. The van der Waals surface area contributed by atoms with E-state index in [-0.39, 0.29) is 22.8 Å². The molecule has 7 nitrogen and oxygen atoms in total. The summed E-state index contributed by atoms with van der Waals surface area (Å²) in [5, 5.41) is 0.425. The summed E-state index contributed by atoms with van der Waals surface area (Å²) in [6, 6.07) is 9.21. The molecule has 2 aromatic carbocycles. The first-order valence-electron chi connectivity index (χ1n) is 10.0. The number of ether oxygens (including phenoxy) is 1. The molecule has 4 rings (SSSR count). The van der Waals surface area contributed by atoms with Gasteiger partial charge in [-0.3, -0.25) is 9.10 Å². The number of halogens is 2. The monoisotopic (exact) mass is 473 g/mol. The van der Waals surface area contributed by atoms with Gasteiger partial charge in [-0.05, 0) is 43.3 Å². The van der Waals surface area contributed by atoms with Crippen molar-refractivity contribution in [2.45, 2.75) is 6.92 Å². The molecule has 2 aromatic heterocycles. The molecule has 0 saturated heterocycles. The Balaban J connectivity index is 1.96. The van der Waals surface area contributed by atoms with Crippen molar-refractivity contribution in [1.29, 1.82) is 0 Å². The summed E-state index contributed by atoms with van der Waals surface area (Å²) in [6.45, 7) is 1.54. The fraction of sp³-hybridized carbons (Fsp3) is 0.174. The quantitative estimate of drug-likeness (QED) is 0.450. The number of aromatic amines is 1. The maximum Gasteiger partial charge on any atom is 0.259 e. The average Bonchev–Trinajstić information content (AvgIpc) is 3.28. The van der Waals surface area contributed by atoms with E-state index in [1.54, 1.807) is 31.6 Å². The van der Waals surface area contributed by atoms with E-state index < -0.39 is 21.7 Å². The van der Waals surface area contributed by atoms with Crippen LogP contribution in [-0.2, 0) is 17.1 Å². The van der Waals surface area contributed by atoms with Crippen LogP contribution in [0, 0.1) is 11.6 Å². The van der Waals surface area contributed by atoms with Crippen LogP contribution in [-0.4, -0.2) is 30.8 Å². The summed E-state index contributed by atoms with van der Waals surface area (Å²) >= 11 is 0. The topological polar surface area (TPSA) is 84.4 Å². The third kappa shape index (κ3) is 4.09. The highest BCUT2D eigenvalue weighted by molar-refractivity contribution is 7.92. The van der Waals surface area contributed by atoms with Gasteiger partial charge in [-0.25, -0.2) is 17.2 Å². The zero-order valence-corrected chi connectivity index (χ0v) is 18.9. The van der Waals surface area contributed by atoms with Crippen LogP contribution >= 0.6 is 0 Å². The van der Waals surface area contributed by atoms with E-state index in [0.717, 1.165) is 10.4 Å². The van der Waals surface area contributed by atoms with Crippen molar-refractivity contribution in [2.24, 2.45) is 7.05 Å². The Bertz CT molecular complexity index is 1530. The third-order valence-electron chi connectivity index (χ3n) is 5.40. The van der Waals surface area contributed by atoms with Crippen LogP contribution in [0.15, 0.2) is 59.7 Å². The number of anilines is 1. The zero-order valence-electron chi connectivity index (χ0n) is 18.1. The van der Waals surface area contributed by atoms with Crippen molar-refractivity contribution < 1.29 is 21.9 Å². The van der Waals surface area contributed by atoms with Gasteiger partial charge in [0.2, 0.25) is 10.0 Å². The largest absolute Gasteiger partial charge is 0.454 e. The number of rotatable bonds is 6. The van der Waals surface area contributed by atoms with Gasteiger partial charge >= 0.3 is 0 Å². The lowest BCUT2D eigenvalue weighted by atomic mass is 10.0. The van der Waals surface area contributed by atoms with Crippen LogP contribution in [0.2, 0.25) is 0 Å².